The topological polar surface area (TPSA) is 87.1 Å². The lowest BCUT2D eigenvalue weighted by Crippen LogP contribution is -2.48. The first kappa shape index (κ1) is 11.2. The fraction of sp³-hybridized carbons (Fsp3) is 0.800. The highest BCUT2D eigenvalue weighted by atomic mass is 16.5. The minimum Gasteiger partial charge on any atom is -0.480 e. The molecule has 2 fully saturated rings. The molecule has 0 spiro atoms. The molecule has 6 nitrogen and oxygen atoms in total. The van der Waals surface area contributed by atoms with Gasteiger partial charge >= 0.3 is 12.1 Å². The van der Waals surface area contributed by atoms with Crippen molar-refractivity contribution >= 4 is 12.1 Å². The standard InChI is InChI=1S/C10H15NO5/c1-16-4-6-5-2-3-7(6)11(10(14)15)8(5)9(12)13/h5-8H,2-4H2,1H3,(H,12,13)(H,14,15). The van der Waals surface area contributed by atoms with E-state index >= 15 is 0 Å². The highest BCUT2D eigenvalue weighted by Crippen LogP contribution is 2.47. The molecule has 0 aromatic rings. The molecule has 2 bridgehead atoms. The van der Waals surface area contributed by atoms with Gasteiger partial charge in [0.1, 0.15) is 6.04 Å². The van der Waals surface area contributed by atoms with E-state index in [9.17, 15) is 9.59 Å². The van der Waals surface area contributed by atoms with E-state index in [1.807, 2.05) is 0 Å². The number of nitrogens with zero attached hydrogens (tertiary/aromatic N) is 1. The van der Waals surface area contributed by atoms with Gasteiger partial charge in [0, 0.05) is 19.1 Å². The first-order chi connectivity index (χ1) is 7.57. The van der Waals surface area contributed by atoms with Crippen molar-refractivity contribution < 1.29 is 24.5 Å². The van der Waals surface area contributed by atoms with E-state index in [-0.39, 0.29) is 17.9 Å². The van der Waals surface area contributed by atoms with Gasteiger partial charge in [0.25, 0.3) is 0 Å². The number of carboxylic acid groups (broad SMARTS) is 2. The number of piperidine rings is 1. The summed E-state index contributed by atoms with van der Waals surface area (Å²) in [6.07, 6.45) is 0.384. The van der Waals surface area contributed by atoms with Crippen LogP contribution >= 0.6 is 0 Å². The van der Waals surface area contributed by atoms with Crippen LogP contribution in [0.5, 0.6) is 0 Å². The summed E-state index contributed by atoms with van der Waals surface area (Å²) in [6, 6.07) is -1.08. The Morgan fingerprint density at radius 1 is 1.38 bits per heavy atom. The van der Waals surface area contributed by atoms with Crippen LogP contribution in [-0.4, -0.2) is 53.0 Å². The van der Waals surface area contributed by atoms with Crippen LogP contribution in [0.25, 0.3) is 0 Å². The summed E-state index contributed by atoms with van der Waals surface area (Å²) in [5, 5.41) is 18.2. The number of amides is 1. The van der Waals surface area contributed by atoms with Crippen LogP contribution < -0.4 is 0 Å². The molecule has 4 unspecified atom stereocenters. The van der Waals surface area contributed by atoms with Gasteiger partial charge in [-0.3, -0.25) is 4.90 Å². The van der Waals surface area contributed by atoms with Gasteiger partial charge in [0.05, 0.1) is 6.61 Å². The highest BCUT2D eigenvalue weighted by Gasteiger charge is 2.57. The number of rotatable bonds is 3. The molecule has 2 aliphatic rings. The normalized spacial score (nSPS) is 36.7. The number of likely N-dealkylation sites (tertiary alicyclic amines) is 1. The summed E-state index contributed by atoms with van der Waals surface area (Å²) in [6.45, 7) is 0.433. The van der Waals surface area contributed by atoms with E-state index < -0.39 is 18.1 Å². The lowest BCUT2D eigenvalue weighted by Gasteiger charge is -2.29. The van der Waals surface area contributed by atoms with Gasteiger partial charge in [-0.25, -0.2) is 9.59 Å². The molecular formula is C10H15NO5. The second-order valence-electron chi connectivity index (χ2n) is 4.40. The molecule has 1 saturated heterocycles. The summed E-state index contributed by atoms with van der Waals surface area (Å²) in [7, 11) is 1.55. The number of aliphatic carboxylic acids is 1. The average Bonchev–Trinajstić information content (AvgIpc) is 2.73. The lowest BCUT2D eigenvalue weighted by atomic mass is 9.93. The van der Waals surface area contributed by atoms with Crippen LogP contribution in [-0.2, 0) is 9.53 Å². The zero-order valence-electron chi connectivity index (χ0n) is 9.00. The molecular weight excluding hydrogens is 214 g/mol. The minimum absolute atomic E-state index is 0.0298. The predicted molar refractivity (Wildman–Crippen MR) is 53.2 cm³/mol. The fourth-order valence-electron chi connectivity index (χ4n) is 3.22. The van der Waals surface area contributed by atoms with Crippen LogP contribution in [0.1, 0.15) is 12.8 Å². The predicted octanol–water partition coefficient (Wildman–Crippen LogP) is 0.474. The fourth-order valence-corrected chi connectivity index (χ4v) is 3.22. The molecule has 6 heteroatoms. The Hall–Kier alpha value is -1.30. The monoisotopic (exact) mass is 229 g/mol. The molecule has 4 atom stereocenters. The van der Waals surface area contributed by atoms with E-state index in [2.05, 4.69) is 0 Å². The SMILES string of the molecule is COCC1C2CCC1N(C(=O)O)C2C(=O)O. The Labute approximate surface area is 92.8 Å². The van der Waals surface area contributed by atoms with E-state index in [1.165, 1.54) is 0 Å². The maximum absolute atomic E-state index is 11.1. The van der Waals surface area contributed by atoms with Crippen LogP contribution in [0.15, 0.2) is 0 Å². The van der Waals surface area contributed by atoms with Crippen molar-refractivity contribution in [2.24, 2.45) is 11.8 Å². The second-order valence-corrected chi connectivity index (χ2v) is 4.40. The third kappa shape index (κ3) is 1.44. The van der Waals surface area contributed by atoms with Crippen molar-refractivity contribution in [2.75, 3.05) is 13.7 Å². The van der Waals surface area contributed by atoms with Crippen molar-refractivity contribution in [1.82, 2.24) is 4.90 Å². The van der Waals surface area contributed by atoms with Gasteiger partial charge in [-0.05, 0) is 18.8 Å². The molecule has 16 heavy (non-hydrogen) atoms. The Kier molecular flexibility index (Phi) is 2.75. The second kappa shape index (κ2) is 3.93. The summed E-state index contributed by atoms with van der Waals surface area (Å²) >= 11 is 0. The van der Waals surface area contributed by atoms with Gasteiger partial charge in [0.2, 0.25) is 0 Å². The average molecular weight is 229 g/mol. The molecule has 1 saturated carbocycles. The van der Waals surface area contributed by atoms with E-state index in [0.29, 0.717) is 6.61 Å². The third-order valence-electron chi connectivity index (χ3n) is 3.74. The van der Waals surface area contributed by atoms with Gasteiger partial charge in [-0.2, -0.15) is 0 Å². The maximum Gasteiger partial charge on any atom is 0.408 e. The number of fused-ring (bicyclic) bond motifs is 2. The van der Waals surface area contributed by atoms with Crippen molar-refractivity contribution in [3.63, 3.8) is 0 Å². The smallest absolute Gasteiger partial charge is 0.408 e. The van der Waals surface area contributed by atoms with Gasteiger partial charge in [-0.15, -0.1) is 0 Å². The van der Waals surface area contributed by atoms with Crippen molar-refractivity contribution in [3.05, 3.63) is 0 Å². The zero-order chi connectivity index (χ0) is 11.9. The van der Waals surface area contributed by atoms with E-state index in [1.54, 1.807) is 7.11 Å². The maximum atomic E-state index is 11.1. The third-order valence-corrected chi connectivity index (χ3v) is 3.74. The summed E-state index contributed by atoms with van der Waals surface area (Å²) in [5.41, 5.74) is 0. The summed E-state index contributed by atoms with van der Waals surface area (Å²) in [5.74, 6) is -1.11. The molecule has 1 heterocycles. The van der Waals surface area contributed by atoms with E-state index in [4.69, 9.17) is 14.9 Å². The van der Waals surface area contributed by atoms with E-state index in [0.717, 1.165) is 17.7 Å². The Bertz CT molecular complexity index is 290. The molecule has 0 radical (unpaired) electrons. The Balaban J connectivity index is 2.26. The number of carboxylic acids is 1. The molecule has 0 aromatic carbocycles. The van der Waals surface area contributed by atoms with Crippen LogP contribution in [0, 0.1) is 11.8 Å². The van der Waals surface area contributed by atoms with Crippen LogP contribution in [0.3, 0.4) is 0 Å². The molecule has 0 aromatic heterocycles. The molecule has 2 rings (SSSR count). The largest absolute Gasteiger partial charge is 0.480 e. The quantitative estimate of drug-likeness (QED) is 0.734. The highest BCUT2D eigenvalue weighted by molar-refractivity contribution is 5.81. The molecule has 1 amide bonds. The summed E-state index contributed by atoms with van der Waals surface area (Å²) < 4.78 is 5.05. The zero-order valence-corrected chi connectivity index (χ0v) is 9.00. The van der Waals surface area contributed by atoms with Crippen LogP contribution in [0.2, 0.25) is 0 Å². The van der Waals surface area contributed by atoms with Crippen molar-refractivity contribution in [1.29, 1.82) is 0 Å². The molecule has 2 N–H and O–H groups in total. The number of carbonyl (C=O) groups is 2. The molecule has 1 aliphatic carbocycles. The van der Waals surface area contributed by atoms with Gasteiger partial charge in [0.15, 0.2) is 0 Å². The molecule has 1 aliphatic heterocycles. The summed E-state index contributed by atoms with van der Waals surface area (Å²) in [4.78, 5) is 23.3. The minimum atomic E-state index is -1.14. The van der Waals surface area contributed by atoms with Crippen LogP contribution in [0.4, 0.5) is 4.79 Å². The number of hydrogen-bond donors (Lipinski definition) is 2. The Morgan fingerprint density at radius 3 is 2.50 bits per heavy atom. The Morgan fingerprint density at radius 2 is 2.06 bits per heavy atom. The van der Waals surface area contributed by atoms with Crippen molar-refractivity contribution in [3.8, 4) is 0 Å². The first-order valence-electron chi connectivity index (χ1n) is 5.31. The molecule has 90 valence electrons. The first-order valence-corrected chi connectivity index (χ1v) is 5.31. The number of hydrogen-bond acceptors (Lipinski definition) is 3. The lowest BCUT2D eigenvalue weighted by molar-refractivity contribution is -0.144. The number of methoxy groups -OCH3 is 1. The van der Waals surface area contributed by atoms with Crippen molar-refractivity contribution in [2.45, 2.75) is 24.9 Å². The number of ether oxygens (including phenoxy) is 1. The van der Waals surface area contributed by atoms with Gasteiger partial charge in [-0.1, -0.05) is 0 Å². The van der Waals surface area contributed by atoms with Gasteiger partial charge < -0.3 is 14.9 Å².